The van der Waals surface area contributed by atoms with Gasteiger partial charge in [-0.1, -0.05) is 18.2 Å². The van der Waals surface area contributed by atoms with Gasteiger partial charge >= 0.3 is 21.8 Å². The summed E-state index contributed by atoms with van der Waals surface area (Å²) in [6.45, 7) is -1.35. The van der Waals surface area contributed by atoms with Crippen molar-refractivity contribution in [1.29, 1.82) is 0 Å². The van der Waals surface area contributed by atoms with Crippen LogP contribution < -0.4 is 0 Å². The average molecular weight is 308 g/mol. The van der Waals surface area contributed by atoms with Crippen molar-refractivity contribution in [3.05, 3.63) is 35.4 Å². The lowest BCUT2D eigenvalue weighted by atomic mass is 10.1. The van der Waals surface area contributed by atoms with E-state index in [-0.39, 0.29) is 0 Å². The number of benzene rings is 1. The SMILES string of the molecule is O=S(=O)(OCc1ccccc1C(F)(F)F)C(F)(F)F. The Kier molecular flexibility index (Phi) is 4.15. The Morgan fingerprint density at radius 3 is 2.00 bits per heavy atom. The summed E-state index contributed by atoms with van der Waals surface area (Å²) in [7, 11) is -5.93. The van der Waals surface area contributed by atoms with Crippen molar-refractivity contribution in [2.45, 2.75) is 18.3 Å². The molecule has 1 aromatic rings. The first kappa shape index (κ1) is 15.8. The summed E-state index contributed by atoms with van der Waals surface area (Å²) in [6, 6.07) is 3.58. The molecule has 0 spiro atoms. The van der Waals surface area contributed by atoms with Gasteiger partial charge in [0.2, 0.25) is 0 Å². The maximum absolute atomic E-state index is 12.5. The van der Waals surface area contributed by atoms with Crippen LogP contribution >= 0.6 is 0 Å². The number of hydrogen-bond donors (Lipinski definition) is 0. The van der Waals surface area contributed by atoms with Crippen LogP contribution in [0.4, 0.5) is 26.3 Å². The average Bonchev–Trinajstić information content (AvgIpc) is 2.24. The zero-order valence-corrected chi connectivity index (χ0v) is 9.73. The molecule has 10 heteroatoms. The number of halogens is 6. The van der Waals surface area contributed by atoms with Gasteiger partial charge in [0.1, 0.15) is 0 Å². The van der Waals surface area contributed by atoms with Gasteiger partial charge in [0.25, 0.3) is 0 Å². The van der Waals surface area contributed by atoms with Gasteiger partial charge in [-0.3, -0.25) is 4.18 Å². The second-order valence-corrected chi connectivity index (χ2v) is 4.92. The molecule has 0 aliphatic rings. The summed E-state index contributed by atoms with van der Waals surface area (Å²) < 4.78 is 97.9. The highest BCUT2D eigenvalue weighted by atomic mass is 32.2. The fraction of sp³-hybridized carbons (Fsp3) is 0.333. The summed E-state index contributed by atoms with van der Waals surface area (Å²) in [4.78, 5) is 0. The zero-order valence-electron chi connectivity index (χ0n) is 8.92. The van der Waals surface area contributed by atoms with E-state index in [0.29, 0.717) is 6.07 Å². The third-order valence-electron chi connectivity index (χ3n) is 1.98. The van der Waals surface area contributed by atoms with E-state index in [4.69, 9.17) is 0 Å². The van der Waals surface area contributed by atoms with E-state index in [9.17, 15) is 34.8 Å². The van der Waals surface area contributed by atoms with Crippen LogP contribution in [0, 0.1) is 0 Å². The first-order valence-electron chi connectivity index (χ1n) is 4.56. The third kappa shape index (κ3) is 3.83. The highest BCUT2D eigenvalue weighted by Crippen LogP contribution is 2.33. The second-order valence-electron chi connectivity index (χ2n) is 3.32. The molecule has 0 saturated heterocycles. The van der Waals surface area contributed by atoms with Gasteiger partial charge < -0.3 is 0 Å². The quantitative estimate of drug-likeness (QED) is 0.490. The van der Waals surface area contributed by atoms with E-state index in [0.717, 1.165) is 18.2 Å². The van der Waals surface area contributed by atoms with E-state index in [1.807, 2.05) is 0 Å². The molecule has 0 atom stereocenters. The predicted molar refractivity (Wildman–Crippen MR) is 51.2 cm³/mol. The van der Waals surface area contributed by atoms with Crippen LogP contribution in [0.1, 0.15) is 11.1 Å². The van der Waals surface area contributed by atoms with Gasteiger partial charge in [0, 0.05) is 0 Å². The molecular formula is C9H6F6O3S. The van der Waals surface area contributed by atoms with Gasteiger partial charge in [-0.05, 0) is 11.6 Å². The lowest BCUT2D eigenvalue weighted by Gasteiger charge is -2.13. The fourth-order valence-corrected chi connectivity index (χ4v) is 1.55. The first-order valence-corrected chi connectivity index (χ1v) is 5.97. The second kappa shape index (κ2) is 5.00. The Labute approximate surface area is 103 Å². The van der Waals surface area contributed by atoms with Crippen molar-refractivity contribution < 1.29 is 38.9 Å². The van der Waals surface area contributed by atoms with Gasteiger partial charge in [0.15, 0.2) is 0 Å². The van der Waals surface area contributed by atoms with Gasteiger partial charge in [-0.2, -0.15) is 34.8 Å². The largest absolute Gasteiger partial charge is 0.523 e. The van der Waals surface area contributed by atoms with Crippen LogP contribution in [-0.2, 0) is 27.1 Å². The van der Waals surface area contributed by atoms with Crippen LogP contribution in [0.15, 0.2) is 24.3 Å². The molecule has 0 radical (unpaired) electrons. The smallest absolute Gasteiger partial charge is 0.258 e. The number of hydrogen-bond acceptors (Lipinski definition) is 3. The molecule has 0 heterocycles. The maximum Gasteiger partial charge on any atom is 0.523 e. The Bertz CT molecular complexity index is 546. The van der Waals surface area contributed by atoms with Crippen molar-refractivity contribution in [1.82, 2.24) is 0 Å². The van der Waals surface area contributed by atoms with Crippen LogP contribution in [0.25, 0.3) is 0 Å². The Morgan fingerprint density at radius 2 is 1.53 bits per heavy atom. The number of alkyl halides is 6. The molecule has 19 heavy (non-hydrogen) atoms. The van der Waals surface area contributed by atoms with Crippen molar-refractivity contribution in [2.24, 2.45) is 0 Å². The Hall–Kier alpha value is -1.29. The Balaban J connectivity index is 2.98. The maximum atomic E-state index is 12.5. The minimum Gasteiger partial charge on any atom is -0.258 e. The fourth-order valence-electron chi connectivity index (χ4n) is 1.13. The van der Waals surface area contributed by atoms with E-state index in [1.54, 1.807) is 0 Å². The minimum atomic E-state index is -5.93. The lowest BCUT2D eigenvalue weighted by molar-refractivity contribution is -0.138. The highest BCUT2D eigenvalue weighted by Gasteiger charge is 2.47. The third-order valence-corrected chi connectivity index (χ3v) is 2.97. The monoisotopic (exact) mass is 308 g/mol. The van der Waals surface area contributed by atoms with Gasteiger partial charge in [0.05, 0.1) is 12.2 Å². The molecule has 0 aromatic heterocycles. The van der Waals surface area contributed by atoms with Crippen molar-refractivity contribution >= 4 is 10.1 Å². The molecule has 0 N–H and O–H groups in total. The molecule has 0 aliphatic heterocycles. The molecule has 0 aliphatic carbocycles. The summed E-state index contributed by atoms with van der Waals surface area (Å²) in [5.74, 6) is 0. The minimum absolute atomic E-state index is 0.610. The van der Waals surface area contributed by atoms with Crippen LogP contribution in [0.2, 0.25) is 0 Å². The lowest BCUT2D eigenvalue weighted by Crippen LogP contribution is -2.25. The molecule has 0 amide bonds. The molecule has 0 saturated carbocycles. The number of rotatable bonds is 3. The molecule has 1 rings (SSSR count). The first-order chi connectivity index (χ1) is 8.45. The van der Waals surface area contributed by atoms with Gasteiger partial charge in [-0.25, -0.2) is 0 Å². The van der Waals surface area contributed by atoms with E-state index >= 15 is 0 Å². The summed E-state index contributed by atoms with van der Waals surface area (Å²) >= 11 is 0. The van der Waals surface area contributed by atoms with E-state index in [1.165, 1.54) is 0 Å². The Morgan fingerprint density at radius 1 is 1.00 bits per heavy atom. The topological polar surface area (TPSA) is 43.4 Å². The van der Waals surface area contributed by atoms with Crippen LogP contribution in [0.3, 0.4) is 0 Å². The molecule has 3 nitrogen and oxygen atoms in total. The van der Waals surface area contributed by atoms with Crippen LogP contribution in [0.5, 0.6) is 0 Å². The van der Waals surface area contributed by atoms with Gasteiger partial charge in [-0.15, -0.1) is 0 Å². The normalized spacial score (nSPS) is 13.6. The van der Waals surface area contributed by atoms with Crippen molar-refractivity contribution in [3.8, 4) is 0 Å². The summed E-state index contributed by atoms with van der Waals surface area (Å²) in [5, 5.41) is 0. The molecule has 1 aromatic carbocycles. The summed E-state index contributed by atoms with van der Waals surface area (Å²) in [6.07, 6.45) is -4.82. The zero-order chi connectivity index (χ0) is 14.9. The van der Waals surface area contributed by atoms with Crippen molar-refractivity contribution in [2.75, 3.05) is 0 Å². The summed E-state index contributed by atoms with van der Waals surface area (Å²) in [5.41, 5.74) is -7.64. The van der Waals surface area contributed by atoms with Crippen molar-refractivity contribution in [3.63, 3.8) is 0 Å². The van der Waals surface area contributed by atoms with E-state index in [2.05, 4.69) is 4.18 Å². The highest BCUT2D eigenvalue weighted by molar-refractivity contribution is 7.87. The van der Waals surface area contributed by atoms with E-state index < -0.39 is 39.5 Å². The molecule has 0 bridgehead atoms. The predicted octanol–water partition coefficient (Wildman–Crippen LogP) is 3.07. The standard InChI is InChI=1S/C9H6F6O3S/c10-8(11,12)7-4-2-1-3-6(7)5-18-19(16,17)9(13,14)15/h1-4H,5H2. The molecule has 0 unspecified atom stereocenters. The molecule has 108 valence electrons. The van der Waals surface area contributed by atoms with Crippen LogP contribution in [-0.4, -0.2) is 13.9 Å². The molecular weight excluding hydrogens is 302 g/mol. The molecule has 0 fully saturated rings.